The van der Waals surface area contributed by atoms with E-state index in [2.05, 4.69) is 20.7 Å². The number of nitrogens with zero attached hydrogens (tertiary/aromatic N) is 2. The second kappa shape index (κ2) is 5.28. The number of rotatable bonds is 3. The zero-order chi connectivity index (χ0) is 14.8. The zero-order valence-corrected chi connectivity index (χ0v) is 11.2. The summed E-state index contributed by atoms with van der Waals surface area (Å²) in [4.78, 5) is 12.3. The molecule has 0 radical (unpaired) electrons. The highest BCUT2D eigenvalue weighted by Gasteiger charge is 2.28. The number of benzene rings is 1. The normalized spacial score (nSPS) is 15.0. The standard InChI is InChI=1S/C14H15N5O2/c15-12(19-21)11-7-16-18-13(11)17-14(20)10-5-8-3-1-2-4-9(8)6-10/h1-4,7,10,21H,5-6H2,(H2,15,19)(H2,16,17,18,20). The van der Waals surface area contributed by atoms with Gasteiger partial charge in [0, 0.05) is 5.92 Å². The predicted octanol–water partition coefficient (Wildman–Crippen LogP) is 0.858. The van der Waals surface area contributed by atoms with Crippen molar-refractivity contribution in [3.63, 3.8) is 0 Å². The summed E-state index contributed by atoms with van der Waals surface area (Å²) >= 11 is 0. The molecular formula is C14H15N5O2. The van der Waals surface area contributed by atoms with E-state index in [1.54, 1.807) is 0 Å². The Labute approximate surface area is 120 Å². The van der Waals surface area contributed by atoms with Gasteiger partial charge in [-0.2, -0.15) is 5.10 Å². The van der Waals surface area contributed by atoms with Gasteiger partial charge in [-0.15, -0.1) is 0 Å². The Bertz CT molecular complexity index is 682. The van der Waals surface area contributed by atoms with Crippen molar-refractivity contribution in [2.45, 2.75) is 12.8 Å². The van der Waals surface area contributed by atoms with E-state index in [4.69, 9.17) is 10.9 Å². The van der Waals surface area contributed by atoms with E-state index < -0.39 is 0 Å². The van der Waals surface area contributed by atoms with Crippen LogP contribution in [0.5, 0.6) is 0 Å². The molecule has 0 saturated heterocycles. The molecule has 21 heavy (non-hydrogen) atoms. The molecule has 1 aliphatic rings. The fourth-order valence-corrected chi connectivity index (χ4v) is 2.60. The molecule has 0 saturated carbocycles. The SMILES string of the molecule is N/C(=N/O)c1cn[nH]c1NC(=O)C1Cc2ccccc2C1. The third kappa shape index (κ3) is 2.45. The number of anilines is 1. The van der Waals surface area contributed by atoms with Gasteiger partial charge in [0.2, 0.25) is 5.91 Å². The average molecular weight is 285 g/mol. The van der Waals surface area contributed by atoms with Crippen molar-refractivity contribution in [3.05, 3.63) is 47.2 Å². The highest BCUT2D eigenvalue weighted by Crippen LogP contribution is 2.27. The minimum Gasteiger partial charge on any atom is -0.409 e. The van der Waals surface area contributed by atoms with E-state index in [1.165, 1.54) is 17.3 Å². The molecule has 1 aliphatic carbocycles. The predicted molar refractivity (Wildman–Crippen MR) is 77.1 cm³/mol. The van der Waals surface area contributed by atoms with Gasteiger partial charge in [-0.1, -0.05) is 29.4 Å². The topological polar surface area (TPSA) is 116 Å². The van der Waals surface area contributed by atoms with Gasteiger partial charge >= 0.3 is 0 Å². The molecule has 0 unspecified atom stereocenters. The van der Waals surface area contributed by atoms with Crippen molar-refractivity contribution in [1.82, 2.24) is 10.2 Å². The van der Waals surface area contributed by atoms with Gasteiger partial charge < -0.3 is 16.3 Å². The van der Waals surface area contributed by atoms with Gasteiger partial charge in [-0.05, 0) is 24.0 Å². The highest BCUT2D eigenvalue weighted by atomic mass is 16.4. The number of nitrogens with one attached hydrogen (secondary N) is 2. The summed E-state index contributed by atoms with van der Waals surface area (Å²) in [7, 11) is 0. The second-order valence-electron chi connectivity index (χ2n) is 5.01. The van der Waals surface area contributed by atoms with Crippen LogP contribution in [0.25, 0.3) is 0 Å². The van der Waals surface area contributed by atoms with Crippen molar-refractivity contribution < 1.29 is 10.0 Å². The number of hydrogen-bond donors (Lipinski definition) is 4. The van der Waals surface area contributed by atoms with Crippen LogP contribution in [-0.2, 0) is 17.6 Å². The fourth-order valence-electron chi connectivity index (χ4n) is 2.60. The Morgan fingerprint density at radius 1 is 1.38 bits per heavy atom. The average Bonchev–Trinajstić information content (AvgIpc) is 3.12. The summed E-state index contributed by atoms with van der Waals surface area (Å²) in [5.41, 5.74) is 8.30. The lowest BCUT2D eigenvalue weighted by molar-refractivity contribution is -0.119. The first-order valence-corrected chi connectivity index (χ1v) is 6.58. The Kier molecular flexibility index (Phi) is 3.31. The summed E-state index contributed by atoms with van der Waals surface area (Å²) in [6.07, 6.45) is 2.83. The van der Waals surface area contributed by atoms with Crippen LogP contribution in [0.2, 0.25) is 0 Å². The number of nitrogens with two attached hydrogens (primary N) is 1. The quantitative estimate of drug-likeness (QED) is 0.289. The summed E-state index contributed by atoms with van der Waals surface area (Å²) in [5.74, 6) is 0.00768. The molecule has 0 aliphatic heterocycles. The lowest BCUT2D eigenvalue weighted by atomic mass is 10.1. The van der Waals surface area contributed by atoms with E-state index >= 15 is 0 Å². The Balaban J connectivity index is 1.73. The number of H-pyrrole nitrogens is 1. The fraction of sp³-hybridized carbons (Fsp3) is 0.214. The number of oxime groups is 1. The van der Waals surface area contributed by atoms with Crippen molar-refractivity contribution >= 4 is 17.6 Å². The number of aromatic amines is 1. The third-order valence-corrected chi connectivity index (χ3v) is 3.69. The molecule has 1 amide bonds. The largest absolute Gasteiger partial charge is 0.409 e. The summed E-state index contributed by atoms with van der Waals surface area (Å²) in [6, 6.07) is 8.04. The summed E-state index contributed by atoms with van der Waals surface area (Å²) in [5, 5.41) is 20.8. The van der Waals surface area contributed by atoms with Crippen molar-refractivity contribution in [2.24, 2.45) is 16.8 Å². The number of aromatic nitrogens is 2. The molecule has 3 rings (SSSR count). The monoisotopic (exact) mass is 285 g/mol. The van der Waals surface area contributed by atoms with E-state index in [-0.39, 0.29) is 17.7 Å². The molecule has 1 aromatic carbocycles. The smallest absolute Gasteiger partial charge is 0.229 e. The molecule has 0 bridgehead atoms. The molecule has 1 heterocycles. The van der Waals surface area contributed by atoms with Gasteiger partial charge in [0.05, 0.1) is 11.8 Å². The number of amidine groups is 1. The molecule has 0 spiro atoms. The number of carbonyl (C=O) groups excluding carboxylic acids is 1. The van der Waals surface area contributed by atoms with Crippen LogP contribution in [-0.4, -0.2) is 27.1 Å². The van der Waals surface area contributed by atoms with E-state index in [1.807, 2.05) is 24.3 Å². The maximum absolute atomic E-state index is 12.3. The molecule has 5 N–H and O–H groups in total. The van der Waals surface area contributed by atoms with E-state index in [9.17, 15) is 4.79 Å². The number of hydrogen-bond acceptors (Lipinski definition) is 4. The molecule has 1 aromatic heterocycles. The van der Waals surface area contributed by atoms with Crippen LogP contribution in [0.15, 0.2) is 35.6 Å². The zero-order valence-electron chi connectivity index (χ0n) is 11.2. The first-order chi connectivity index (χ1) is 10.2. The molecule has 7 heteroatoms. The maximum Gasteiger partial charge on any atom is 0.229 e. The number of fused-ring (bicyclic) bond motifs is 1. The van der Waals surface area contributed by atoms with Crippen LogP contribution in [0.3, 0.4) is 0 Å². The highest BCUT2D eigenvalue weighted by molar-refractivity contribution is 6.04. The van der Waals surface area contributed by atoms with Crippen LogP contribution in [0.4, 0.5) is 5.82 Å². The van der Waals surface area contributed by atoms with Crippen LogP contribution < -0.4 is 11.1 Å². The minimum atomic E-state index is -0.120. The van der Waals surface area contributed by atoms with Crippen molar-refractivity contribution in [3.8, 4) is 0 Å². The van der Waals surface area contributed by atoms with E-state index in [0.717, 1.165) is 12.8 Å². The lowest BCUT2D eigenvalue weighted by Crippen LogP contribution is -2.25. The first-order valence-electron chi connectivity index (χ1n) is 6.58. The molecule has 2 aromatic rings. The Morgan fingerprint density at radius 3 is 2.67 bits per heavy atom. The molecule has 0 atom stereocenters. The van der Waals surface area contributed by atoms with E-state index in [0.29, 0.717) is 11.4 Å². The number of amides is 1. The summed E-state index contributed by atoms with van der Waals surface area (Å²) < 4.78 is 0. The Morgan fingerprint density at radius 2 is 2.05 bits per heavy atom. The lowest BCUT2D eigenvalue weighted by Gasteiger charge is -2.10. The minimum absolute atomic E-state index is 0.103. The maximum atomic E-state index is 12.3. The van der Waals surface area contributed by atoms with Crippen LogP contribution >= 0.6 is 0 Å². The van der Waals surface area contributed by atoms with Crippen molar-refractivity contribution in [2.75, 3.05) is 5.32 Å². The first kappa shape index (κ1) is 13.2. The van der Waals surface area contributed by atoms with Crippen LogP contribution in [0.1, 0.15) is 16.7 Å². The van der Waals surface area contributed by atoms with Gasteiger partial charge in [-0.25, -0.2) is 0 Å². The number of carbonyl (C=O) groups is 1. The third-order valence-electron chi connectivity index (χ3n) is 3.69. The molecular weight excluding hydrogens is 270 g/mol. The van der Waals surface area contributed by atoms with Gasteiger partial charge in [0.1, 0.15) is 5.82 Å². The second-order valence-corrected chi connectivity index (χ2v) is 5.01. The molecule has 0 fully saturated rings. The van der Waals surface area contributed by atoms with Gasteiger partial charge in [0.15, 0.2) is 5.84 Å². The Hall–Kier alpha value is -2.83. The van der Waals surface area contributed by atoms with Crippen LogP contribution in [0, 0.1) is 5.92 Å². The molecule has 108 valence electrons. The van der Waals surface area contributed by atoms with Gasteiger partial charge in [-0.3, -0.25) is 9.89 Å². The van der Waals surface area contributed by atoms with Gasteiger partial charge in [0.25, 0.3) is 0 Å². The summed E-state index contributed by atoms with van der Waals surface area (Å²) in [6.45, 7) is 0. The van der Waals surface area contributed by atoms with Crippen molar-refractivity contribution in [1.29, 1.82) is 0 Å². The molecule has 7 nitrogen and oxygen atoms in total.